The van der Waals surface area contributed by atoms with Gasteiger partial charge in [-0.25, -0.2) is 0 Å². The van der Waals surface area contributed by atoms with E-state index in [9.17, 15) is 4.79 Å². The zero-order valence-corrected chi connectivity index (χ0v) is 11.0. The number of para-hydroxylation sites is 1. The van der Waals surface area contributed by atoms with Gasteiger partial charge < -0.3 is 14.6 Å². The second-order valence-corrected chi connectivity index (χ2v) is 4.86. The van der Waals surface area contributed by atoms with Crippen LogP contribution in [0.3, 0.4) is 0 Å². The molecule has 2 aromatic rings. The van der Waals surface area contributed by atoms with E-state index in [1.807, 2.05) is 24.4 Å². The number of carbonyl (C=O) groups excluding carboxylic acids is 1. The number of H-pyrrole nitrogens is 1. The fourth-order valence-electron chi connectivity index (χ4n) is 2.57. The van der Waals surface area contributed by atoms with Crippen LogP contribution < -0.4 is 0 Å². The summed E-state index contributed by atoms with van der Waals surface area (Å²) in [5.41, 5.74) is 2.25. The van der Waals surface area contributed by atoms with Gasteiger partial charge in [-0.2, -0.15) is 5.26 Å². The molecule has 5 nitrogen and oxygen atoms in total. The first-order valence-corrected chi connectivity index (χ1v) is 6.61. The van der Waals surface area contributed by atoms with Gasteiger partial charge in [0.05, 0.1) is 12.7 Å². The van der Waals surface area contributed by atoms with Crippen molar-refractivity contribution in [1.29, 1.82) is 5.26 Å². The van der Waals surface area contributed by atoms with Gasteiger partial charge in [0.15, 0.2) is 0 Å². The minimum absolute atomic E-state index is 0.0755. The lowest BCUT2D eigenvalue weighted by atomic mass is 10.1. The highest BCUT2D eigenvalue weighted by Crippen LogP contribution is 2.19. The molecule has 1 aliphatic rings. The third-order valence-electron chi connectivity index (χ3n) is 3.64. The molecule has 102 valence electrons. The van der Waals surface area contributed by atoms with Crippen LogP contribution in [0.4, 0.5) is 0 Å². The number of aromatic nitrogens is 1. The molecule has 1 amide bonds. The van der Waals surface area contributed by atoms with Crippen LogP contribution >= 0.6 is 0 Å². The number of benzene rings is 1. The minimum atomic E-state index is -0.471. The Bertz CT molecular complexity index is 671. The van der Waals surface area contributed by atoms with Crippen molar-refractivity contribution in [2.24, 2.45) is 0 Å². The highest BCUT2D eigenvalue weighted by atomic mass is 16.5. The van der Waals surface area contributed by atoms with Crippen molar-refractivity contribution in [2.75, 3.05) is 19.8 Å². The fourth-order valence-corrected chi connectivity index (χ4v) is 2.57. The van der Waals surface area contributed by atoms with Gasteiger partial charge in [-0.15, -0.1) is 0 Å². The Morgan fingerprint density at radius 2 is 2.30 bits per heavy atom. The largest absolute Gasteiger partial charge is 0.368 e. The summed E-state index contributed by atoms with van der Waals surface area (Å²) >= 11 is 0. The zero-order chi connectivity index (χ0) is 13.9. The number of ether oxygens (including phenoxy) is 1. The number of fused-ring (bicyclic) bond motifs is 1. The lowest BCUT2D eigenvalue weighted by Crippen LogP contribution is -2.49. The van der Waals surface area contributed by atoms with E-state index in [4.69, 9.17) is 10.00 Å². The first-order chi connectivity index (χ1) is 9.79. The van der Waals surface area contributed by atoms with Crippen molar-refractivity contribution in [3.8, 4) is 6.07 Å². The SMILES string of the molecule is N#CC1COCC(=O)N1CCc1c[nH]c2ccccc12. The van der Waals surface area contributed by atoms with Crippen LogP contribution in [0.15, 0.2) is 30.5 Å². The smallest absolute Gasteiger partial charge is 0.249 e. The molecule has 1 aliphatic heterocycles. The van der Waals surface area contributed by atoms with Crippen molar-refractivity contribution in [3.63, 3.8) is 0 Å². The summed E-state index contributed by atoms with van der Waals surface area (Å²) in [6.07, 6.45) is 2.70. The number of morpholine rings is 1. The van der Waals surface area contributed by atoms with Crippen LogP contribution in [0.1, 0.15) is 5.56 Å². The summed E-state index contributed by atoms with van der Waals surface area (Å²) < 4.78 is 5.10. The standard InChI is InChI=1S/C15H15N3O2/c16-7-12-9-20-10-15(19)18(12)6-5-11-8-17-14-4-2-1-3-13(11)14/h1-4,8,12,17H,5-6,9-10H2. The lowest BCUT2D eigenvalue weighted by Gasteiger charge is -2.31. The molecule has 1 unspecified atom stereocenters. The molecule has 5 heteroatoms. The maximum atomic E-state index is 11.8. The molecule has 0 bridgehead atoms. The van der Waals surface area contributed by atoms with Crippen LogP contribution in [-0.4, -0.2) is 41.6 Å². The Balaban J connectivity index is 1.75. The average Bonchev–Trinajstić information content (AvgIpc) is 2.89. The lowest BCUT2D eigenvalue weighted by molar-refractivity contribution is -0.145. The molecule has 1 aromatic carbocycles. The highest BCUT2D eigenvalue weighted by Gasteiger charge is 2.28. The van der Waals surface area contributed by atoms with Gasteiger partial charge in [-0.1, -0.05) is 18.2 Å². The molecule has 1 N–H and O–H groups in total. The van der Waals surface area contributed by atoms with E-state index in [-0.39, 0.29) is 12.5 Å². The quantitative estimate of drug-likeness (QED) is 0.917. The molecule has 2 heterocycles. The molecule has 0 radical (unpaired) electrons. The number of aromatic amines is 1. The van der Waals surface area contributed by atoms with Gasteiger partial charge >= 0.3 is 0 Å². The molecule has 20 heavy (non-hydrogen) atoms. The van der Waals surface area contributed by atoms with Gasteiger partial charge in [0.2, 0.25) is 5.91 Å². The fraction of sp³-hybridized carbons (Fsp3) is 0.333. The monoisotopic (exact) mass is 269 g/mol. The number of nitrogens with zero attached hydrogens (tertiary/aromatic N) is 2. The van der Waals surface area contributed by atoms with E-state index in [0.29, 0.717) is 13.2 Å². The number of hydrogen-bond acceptors (Lipinski definition) is 3. The molecular weight excluding hydrogens is 254 g/mol. The summed E-state index contributed by atoms with van der Waals surface area (Å²) in [6, 6.07) is 9.72. The Kier molecular flexibility index (Phi) is 3.40. The number of nitriles is 1. The van der Waals surface area contributed by atoms with Crippen molar-refractivity contribution in [2.45, 2.75) is 12.5 Å². The zero-order valence-electron chi connectivity index (χ0n) is 11.0. The van der Waals surface area contributed by atoms with Crippen molar-refractivity contribution >= 4 is 16.8 Å². The van der Waals surface area contributed by atoms with E-state index in [0.717, 1.165) is 17.5 Å². The summed E-state index contributed by atoms with van der Waals surface area (Å²) in [5.74, 6) is -0.109. The molecule has 1 aromatic heterocycles. The van der Waals surface area contributed by atoms with Crippen LogP contribution in [-0.2, 0) is 16.0 Å². The van der Waals surface area contributed by atoms with E-state index in [2.05, 4.69) is 17.1 Å². The van der Waals surface area contributed by atoms with Gasteiger partial charge in [0, 0.05) is 23.6 Å². The predicted molar refractivity (Wildman–Crippen MR) is 73.9 cm³/mol. The Hall–Kier alpha value is -2.32. The topological polar surface area (TPSA) is 69.1 Å². The number of nitrogens with one attached hydrogen (secondary N) is 1. The highest BCUT2D eigenvalue weighted by molar-refractivity contribution is 5.83. The van der Waals surface area contributed by atoms with E-state index in [1.54, 1.807) is 4.90 Å². The third kappa shape index (κ3) is 2.26. The van der Waals surface area contributed by atoms with Crippen molar-refractivity contribution < 1.29 is 9.53 Å². The summed E-state index contributed by atoms with van der Waals surface area (Å²) in [5, 5.41) is 10.2. The number of carbonyl (C=O) groups is 1. The van der Waals surface area contributed by atoms with Crippen molar-refractivity contribution in [1.82, 2.24) is 9.88 Å². The van der Waals surface area contributed by atoms with Crippen molar-refractivity contribution in [3.05, 3.63) is 36.0 Å². The third-order valence-corrected chi connectivity index (χ3v) is 3.64. The molecule has 0 aliphatic carbocycles. The molecule has 1 atom stereocenters. The second-order valence-electron chi connectivity index (χ2n) is 4.86. The van der Waals surface area contributed by atoms with E-state index < -0.39 is 6.04 Å². The Labute approximate surface area is 116 Å². The molecular formula is C15H15N3O2. The van der Waals surface area contributed by atoms with Gasteiger partial charge in [-0.3, -0.25) is 4.79 Å². The summed E-state index contributed by atoms with van der Waals surface area (Å²) in [4.78, 5) is 16.7. The molecule has 0 spiro atoms. The first kappa shape index (κ1) is 12.7. The first-order valence-electron chi connectivity index (χ1n) is 6.61. The van der Waals surface area contributed by atoms with Gasteiger partial charge in [0.25, 0.3) is 0 Å². The molecule has 1 fully saturated rings. The van der Waals surface area contributed by atoms with Crippen LogP contribution in [0.25, 0.3) is 10.9 Å². The second kappa shape index (κ2) is 5.35. The maximum absolute atomic E-state index is 11.8. The maximum Gasteiger partial charge on any atom is 0.249 e. The van der Waals surface area contributed by atoms with Gasteiger partial charge in [-0.05, 0) is 18.1 Å². The molecule has 1 saturated heterocycles. The molecule has 3 rings (SSSR count). The van der Waals surface area contributed by atoms with Crippen LogP contribution in [0.5, 0.6) is 0 Å². The Morgan fingerprint density at radius 1 is 1.45 bits per heavy atom. The number of amides is 1. The number of rotatable bonds is 3. The van der Waals surface area contributed by atoms with E-state index >= 15 is 0 Å². The average molecular weight is 269 g/mol. The Morgan fingerprint density at radius 3 is 3.15 bits per heavy atom. The minimum Gasteiger partial charge on any atom is -0.368 e. The number of hydrogen-bond donors (Lipinski definition) is 1. The van der Waals surface area contributed by atoms with Crippen LogP contribution in [0.2, 0.25) is 0 Å². The predicted octanol–water partition coefficient (Wildman–Crippen LogP) is 1.46. The van der Waals surface area contributed by atoms with Gasteiger partial charge in [0.1, 0.15) is 12.6 Å². The molecule has 0 saturated carbocycles. The van der Waals surface area contributed by atoms with E-state index in [1.165, 1.54) is 5.39 Å². The normalized spacial score (nSPS) is 19.2. The summed E-state index contributed by atoms with van der Waals surface area (Å²) in [6.45, 7) is 0.921. The van der Waals surface area contributed by atoms with Crippen LogP contribution in [0, 0.1) is 11.3 Å². The summed E-state index contributed by atoms with van der Waals surface area (Å²) in [7, 11) is 0.